The minimum absolute atomic E-state index is 0.0196. The van der Waals surface area contributed by atoms with Crippen molar-refractivity contribution in [1.82, 2.24) is 5.32 Å². The molecule has 0 radical (unpaired) electrons. The molecular weight excluding hydrogens is 266 g/mol. The summed E-state index contributed by atoms with van der Waals surface area (Å²) in [6.45, 7) is 6.91. The van der Waals surface area contributed by atoms with Crippen molar-refractivity contribution in [3.63, 3.8) is 0 Å². The molecule has 0 heterocycles. The Hall–Kier alpha value is -1.83. The molecule has 1 rings (SSSR count). The van der Waals surface area contributed by atoms with E-state index in [1.165, 1.54) is 0 Å². The zero-order valence-electron chi connectivity index (χ0n) is 12.9. The van der Waals surface area contributed by atoms with Gasteiger partial charge in [0.1, 0.15) is 0 Å². The van der Waals surface area contributed by atoms with Gasteiger partial charge >= 0.3 is 0 Å². The molecule has 1 unspecified atom stereocenters. The zero-order valence-corrected chi connectivity index (χ0v) is 12.9. The van der Waals surface area contributed by atoms with Crippen LogP contribution in [-0.4, -0.2) is 36.9 Å². The van der Waals surface area contributed by atoms with Crippen molar-refractivity contribution >= 4 is 5.91 Å². The number of amides is 1. The average molecular weight is 289 g/mol. The first-order valence-electron chi connectivity index (χ1n) is 7.17. The number of rotatable bonds is 6. The van der Waals surface area contributed by atoms with Gasteiger partial charge in [-0.1, -0.05) is 17.9 Å². The lowest BCUT2D eigenvalue weighted by Gasteiger charge is -2.14. The number of carbonyl (C=O) groups excluding carboxylic acids is 1. The largest absolute Gasteiger partial charge is 0.395 e. The minimum Gasteiger partial charge on any atom is -0.395 e. The second-order valence-corrected chi connectivity index (χ2v) is 4.86. The van der Waals surface area contributed by atoms with E-state index >= 15 is 0 Å². The highest BCUT2D eigenvalue weighted by Crippen LogP contribution is 2.11. The molecule has 4 heteroatoms. The van der Waals surface area contributed by atoms with Crippen molar-refractivity contribution in [1.29, 1.82) is 0 Å². The fraction of sp³-hybridized carbons (Fsp3) is 0.471. The van der Waals surface area contributed by atoms with E-state index in [4.69, 9.17) is 9.84 Å². The van der Waals surface area contributed by atoms with Crippen LogP contribution in [-0.2, 0) is 4.74 Å². The second kappa shape index (κ2) is 9.17. The molecule has 0 aliphatic heterocycles. The van der Waals surface area contributed by atoms with Gasteiger partial charge in [-0.3, -0.25) is 4.79 Å². The van der Waals surface area contributed by atoms with E-state index in [0.29, 0.717) is 30.8 Å². The summed E-state index contributed by atoms with van der Waals surface area (Å²) in [5, 5.41) is 11.7. The highest BCUT2D eigenvalue weighted by atomic mass is 16.5. The van der Waals surface area contributed by atoms with Gasteiger partial charge in [-0.15, -0.1) is 0 Å². The maximum Gasteiger partial charge on any atom is 0.252 e. The van der Waals surface area contributed by atoms with Gasteiger partial charge in [0.25, 0.3) is 5.91 Å². The molecule has 114 valence electrons. The molecule has 0 aliphatic carbocycles. The lowest BCUT2D eigenvalue weighted by molar-refractivity contribution is 0.0872. The van der Waals surface area contributed by atoms with E-state index in [1.807, 2.05) is 32.9 Å². The fourth-order valence-electron chi connectivity index (χ4n) is 1.81. The molecule has 0 bridgehead atoms. The summed E-state index contributed by atoms with van der Waals surface area (Å²) < 4.78 is 5.29. The van der Waals surface area contributed by atoms with Crippen molar-refractivity contribution in [3.05, 3.63) is 34.9 Å². The molecule has 1 aromatic carbocycles. The van der Waals surface area contributed by atoms with E-state index in [2.05, 4.69) is 17.2 Å². The van der Waals surface area contributed by atoms with Crippen molar-refractivity contribution < 1.29 is 14.6 Å². The number of aryl methyl sites for hydroxylation is 1. The van der Waals surface area contributed by atoms with Gasteiger partial charge < -0.3 is 15.2 Å². The quantitative estimate of drug-likeness (QED) is 0.786. The maximum absolute atomic E-state index is 12.3. The van der Waals surface area contributed by atoms with Crippen molar-refractivity contribution in [2.75, 3.05) is 19.8 Å². The average Bonchev–Trinajstić information content (AvgIpc) is 2.45. The summed E-state index contributed by atoms with van der Waals surface area (Å²) in [4.78, 5) is 12.3. The highest BCUT2D eigenvalue weighted by Gasteiger charge is 2.13. The van der Waals surface area contributed by atoms with Crippen LogP contribution in [0.5, 0.6) is 0 Å². The van der Waals surface area contributed by atoms with Crippen LogP contribution >= 0.6 is 0 Å². The second-order valence-electron chi connectivity index (χ2n) is 4.86. The molecule has 21 heavy (non-hydrogen) atoms. The molecule has 0 saturated carbocycles. The van der Waals surface area contributed by atoms with Crippen LogP contribution in [0.25, 0.3) is 0 Å². The Morgan fingerprint density at radius 3 is 2.90 bits per heavy atom. The predicted octanol–water partition coefficient (Wildman–Crippen LogP) is 1.88. The molecule has 0 aliphatic rings. The number of ether oxygens (including phenoxy) is 1. The Morgan fingerprint density at radius 2 is 2.24 bits per heavy atom. The van der Waals surface area contributed by atoms with Crippen molar-refractivity contribution in [2.24, 2.45) is 0 Å². The zero-order chi connectivity index (χ0) is 15.7. The summed E-state index contributed by atoms with van der Waals surface area (Å²) >= 11 is 0. The molecule has 0 spiro atoms. The Balaban J connectivity index is 2.86. The lowest BCUT2D eigenvalue weighted by atomic mass is 10.0. The first kappa shape index (κ1) is 17.2. The van der Waals surface area contributed by atoms with Crippen molar-refractivity contribution in [3.8, 4) is 11.8 Å². The third-order valence-electron chi connectivity index (χ3n) is 2.83. The van der Waals surface area contributed by atoms with E-state index in [9.17, 15) is 4.79 Å². The van der Waals surface area contributed by atoms with Crippen LogP contribution in [0, 0.1) is 18.8 Å². The van der Waals surface area contributed by atoms with Crippen LogP contribution < -0.4 is 5.32 Å². The molecule has 2 N–H and O–H groups in total. The van der Waals surface area contributed by atoms with Gasteiger partial charge in [-0.05, 0) is 38.5 Å². The standard InChI is InChI=1S/C17H23NO3/c1-4-21-12-14(3)18-17(20)16-9-8-13(2)11-15(16)7-5-6-10-19/h8-9,11,14,19H,4,6,10,12H2,1-3H3,(H,18,20). The summed E-state index contributed by atoms with van der Waals surface area (Å²) in [6, 6.07) is 5.49. The van der Waals surface area contributed by atoms with Crippen LogP contribution in [0.2, 0.25) is 0 Å². The van der Waals surface area contributed by atoms with Gasteiger partial charge in [0.15, 0.2) is 0 Å². The molecule has 4 nitrogen and oxygen atoms in total. The molecule has 1 atom stereocenters. The molecule has 1 amide bonds. The van der Waals surface area contributed by atoms with Gasteiger partial charge in [0.05, 0.1) is 18.8 Å². The number of hydrogen-bond acceptors (Lipinski definition) is 3. The molecule has 1 aromatic rings. The van der Waals surface area contributed by atoms with E-state index in [0.717, 1.165) is 5.56 Å². The number of hydrogen-bond donors (Lipinski definition) is 2. The normalized spacial score (nSPS) is 11.4. The van der Waals surface area contributed by atoms with E-state index < -0.39 is 0 Å². The van der Waals surface area contributed by atoms with Crippen LogP contribution in [0.4, 0.5) is 0 Å². The summed E-state index contributed by atoms with van der Waals surface area (Å²) in [5.41, 5.74) is 2.28. The van der Waals surface area contributed by atoms with E-state index in [-0.39, 0.29) is 18.6 Å². The Kier molecular flexibility index (Phi) is 7.52. The third-order valence-corrected chi connectivity index (χ3v) is 2.83. The van der Waals surface area contributed by atoms with Crippen LogP contribution in [0.3, 0.4) is 0 Å². The smallest absolute Gasteiger partial charge is 0.252 e. The molecule has 0 saturated heterocycles. The number of nitrogens with one attached hydrogen (secondary N) is 1. The Morgan fingerprint density at radius 1 is 1.48 bits per heavy atom. The fourth-order valence-corrected chi connectivity index (χ4v) is 1.81. The van der Waals surface area contributed by atoms with Crippen LogP contribution in [0.15, 0.2) is 18.2 Å². The maximum atomic E-state index is 12.3. The lowest BCUT2D eigenvalue weighted by Crippen LogP contribution is -2.36. The minimum atomic E-state index is -0.157. The third kappa shape index (κ3) is 5.99. The number of benzene rings is 1. The SMILES string of the molecule is CCOCC(C)NC(=O)c1ccc(C)cc1C#CCCO. The van der Waals surface area contributed by atoms with Gasteiger partial charge in [-0.2, -0.15) is 0 Å². The molecule has 0 aromatic heterocycles. The van der Waals surface area contributed by atoms with Crippen molar-refractivity contribution in [2.45, 2.75) is 33.2 Å². The molecule has 0 fully saturated rings. The first-order valence-corrected chi connectivity index (χ1v) is 7.17. The number of carbonyl (C=O) groups is 1. The van der Waals surface area contributed by atoms with Gasteiger partial charge in [0, 0.05) is 24.6 Å². The summed E-state index contributed by atoms with van der Waals surface area (Å²) in [5.74, 6) is 5.65. The monoisotopic (exact) mass is 289 g/mol. The molecular formula is C17H23NO3. The number of aliphatic hydroxyl groups excluding tert-OH is 1. The Labute approximate surface area is 126 Å². The topological polar surface area (TPSA) is 58.6 Å². The van der Waals surface area contributed by atoms with Crippen LogP contribution in [0.1, 0.15) is 41.8 Å². The predicted molar refractivity (Wildman–Crippen MR) is 83.2 cm³/mol. The van der Waals surface area contributed by atoms with E-state index in [1.54, 1.807) is 6.07 Å². The summed E-state index contributed by atoms with van der Waals surface area (Å²) in [7, 11) is 0. The first-order chi connectivity index (χ1) is 10.1. The van der Waals surface area contributed by atoms with Gasteiger partial charge in [0.2, 0.25) is 0 Å². The van der Waals surface area contributed by atoms with Gasteiger partial charge in [-0.25, -0.2) is 0 Å². The Bertz CT molecular complexity index is 529. The summed E-state index contributed by atoms with van der Waals surface area (Å²) in [6.07, 6.45) is 0.399. The number of aliphatic hydroxyl groups is 1. The highest BCUT2D eigenvalue weighted by molar-refractivity contribution is 5.97.